The summed E-state index contributed by atoms with van der Waals surface area (Å²) in [5, 5.41) is 4.51. The summed E-state index contributed by atoms with van der Waals surface area (Å²) < 4.78 is 45.5. The van der Waals surface area contributed by atoms with Crippen LogP contribution in [0.4, 0.5) is 0 Å². The number of rotatable bonds is 12. The van der Waals surface area contributed by atoms with E-state index in [0.717, 1.165) is 24.1 Å². The summed E-state index contributed by atoms with van der Waals surface area (Å²) >= 11 is 0. The van der Waals surface area contributed by atoms with Crippen LogP contribution in [0, 0.1) is 6.92 Å². The standard InChI is InChI=1S/C30H37N3O5S/c1-7-26-30(27-15-9-21(2)20-33(27)31-26)39(34,35)25-13-11-24(12-14-25)38-18-8-17-32(4)22(3)23-10-16-28(36-5)29(19-23)37-6/h9-16,19-20,22H,7-8,17-18H2,1-6H3. The lowest BCUT2D eigenvalue weighted by Gasteiger charge is -2.25. The molecule has 0 radical (unpaired) electrons. The first kappa shape index (κ1) is 28.4. The molecule has 0 saturated carbocycles. The van der Waals surface area contributed by atoms with Crippen molar-refractivity contribution in [1.82, 2.24) is 14.5 Å². The van der Waals surface area contributed by atoms with Gasteiger partial charge >= 0.3 is 0 Å². The zero-order valence-electron chi connectivity index (χ0n) is 23.5. The zero-order chi connectivity index (χ0) is 28.2. The lowest BCUT2D eigenvalue weighted by atomic mass is 10.1. The van der Waals surface area contributed by atoms with Crippen molar-refractivity contribution >= 4 is 15.4 Å². The third-order valence-corrected chi connectivity index (χ3v) is 8.89. The Balaban J connectivity index is 1.37. The van der Waals surface area contributed by atoms with E-state index >= 15 is 0 Å². The van der Waals surface area contributed by atoms with Gasteiger partial charge in [0.25, 0.3) is 0 Å². The van der Waals surface area contributed by atoms with Crippen molar-refractivity contribution in [3.05, 3.63) is 77.6 Å². The molecular weight excluding hydrogens is 514 g/mol. The molecule has 1 unspecified atom stereocenters. The quantitative estimate of drug-likeness (QED) is 0.215. The van der Waals surface area contributed by atoms with Crippen LogP contribution in [0.1, 0.15) is 43.1 Å². The molecule has 9 heteroatoms. The normalized spacial score (nSPS) is 12.6. The molecule has 4 rings (SSSR count). The summed E-state index contributed by atoms with van der Waals surface area (Å²) in [4.78, 5) is 2.75. The number of ether oxygens (including phenoxy) is 3. The van der Waals surface area contributed by atoms with Crippen LogP contribution < -0.4 is 14.2 Å². The summed E-state index contributed by atoms with van der Waals surface area (Å²) in [6.07, 6.45) is 3.18. The zero-order valence-corrected chi connectivity index (χ0v) is 24.3. The second kappa shape index (κ2) is 12.1. The molecule has 1 atom stereocenters. The average Bonchev–Trinajstić information content (AvgIpc) is 3.33. The predicted octanol–water partition coefficient (Wildman–Crippen LogP) is 5.52. The minimum absolute atomic E-state index is 0.186. The van der Waals surface area contributed by atoms with Gasteiger partial charge in [0.05, 0.1) is 36.9 Å². The van der Waals surface area contributed by atoms with Gasteiger partial charge in [0, 0.05) is 18.8 Å². The Morgan fingerprint density at radius 2 is 1.72 bits per heavy atom. The van der Waals surface area contributed by atoms with Crippen LogP contribution in [0.2, 0.25) is 0 Å². The summed E-state index contributed by atoms with van der Waals surface area (Å²) in [7, 11) is 1.60. The molecule has 0 saturated heterocycles. The van der Waals surface area contributed by atoms with Crippen LogP contribution >= 0.6 is 0 Å². The first-order valence-electron chi connectivity index (χ1n) is 13.1. The molecule has 4 aromatic rings. The molecule has 0 amide bonds. The number of benzene rings is 2. The van der Waals surface area contributed by atoms with Gasteiger partial charge in [-0.15, -0.1) is 0 Å². The maximum Gasteiger partial charge on any atom is 0.210 e. The lowest BCUT2D eigenvalue weighted by molar-refractivity contribution is 0.225. The Hall–Kier alpha value is -3.56. The SMILES string of the molecule is CCc1nn2cc(C)ccc2c1S(=O)(=O)c1ccc(OCCCN(C)C(C)c2ccc(OC)c(OC)c2)cc1. The van der Waals surface area contributed by atoms with Crippen molar-refractivity contribution in [2.24, 2.45) is 0 Å². The van der Waals surface area contributed by atoms with Gasteiger partial charge in [-0.25, -0.2) is 12.9 Å². The first-order valence-corrected chi connectivity index (χ1v) is 14.6. The van der Waals surface area contributed by atoms with Crippen molar-refractivity contribution < 1.29 is 22.6 Å². The third kappa shape index (κ3) is 6.04. The molecule has 208 valence electrons. The number of aryl methyl sites for hydroxylation is 2. The molecule has 0 aliphatic carbocycles. The van der Waals surface area contributed by atoms with E-state index in [9.17, 15) is 8.42 Å². The second-order valence-electron chi connectivity index (χ2n) is 9.61. The van der Waals surface area contributed by atoms with Gasteiger partial charge in [-0.3, -0.25) is 4.90 Å². The summed E-state index contributed by atoms with van der Waals surface area (Å²) in [5.74, 6) is 2.06. The van der Waals surface area contributed by atoms with E-state index in [4.69, 9.17) is 14.2 Å². The Kier molecular flexibility index (Phi) is 8.82. The molecule has 0 N–H and O–H groups in total. The summed E-state index contributed by atoms with van der Waals surface area (Å²) in [6, 6.07) is 16.5. The highest BCUT2D eigenvalue weighted by atomic mass is 32.2. The van der Waals surface area contributed by atoms with E-state index in [2.05, 4.69) is 24.0 Å². The van der Waals surface area contributed by atoms with Gasteiger partial charge in [0.1, 0.15) is 10.6 Å². The number of fused-ring (bicyclic) bond motifs is 1. The van der Waals surface area contributed by atoms with Crippen molar-refractivity contribution in [1.29, 1.82) is 0 Å². The van der Waals surface area contributed by atoms with Crippen LogP contribution in [0.25, 0.3) is 5.52 Å². The maximum atomic E-state index is 13.6. The molecule has 0 aliphatic rings. The second-order valence-corrected chi connectivity index (χ2v) is 11.5. The van der Waals surface area contributed by atoms with Crippen LogP contribution in [-0.2, 0) is 16.3 Å². The fourth-order valence-corrected chi connectivity index (χ4v) is 6.26. The van der Waals surface area contributed by atoms with Crippen molar-refractivity contribution in [2.45, 2.75) is 49.4 Å². The highest BCUT2D eigenvalue weighted by molar-refractivity contribution is 7.91. The molecule has 8 nitrogen and oxygen atoms in total. The molecule has 0 spiro atoms. The summed E-state index contributed by atoms with van der Waals surface area (Å²) in [6.45, 7) is 7.36. The fraction of sp³-hybridized carbons (Fsp3) is 0.367. The van der Waals surface area contributed by atoms with Crippen molar-refractivity contribution in [2.75, 3.05) is 34.4 Å². The van der Waals surface area contributed by atoms with Gasteiger partial charge in [0.2, 0.25) is 9.84 Å². The molecule has 0 aliphatic heterocycles. The summed E-state index contributed by atoms with van der Waals surface area (Å²) in [5.41, 5.74) is 3.30. The smallest absolute Gasteiger partial charge is 0.210 e. The number of nitrogens with zero attached hydrogens (tertiary/aromatic N) is 3. The molecule has 2 heterocycles. The van der Waals surface area contributed by atoms with Gasteiger partial charge in [0.15, 0.2) is 11.5 Å². The maximum absolute atomic E-state index is 13.6. The molecule has 39 heavy (non-hydrogen) atoms. The van der Waals surface area contributed by atoms with Gasteiger partial charge in [-0.1, -0.05) is 19.1 Å². The van der Waals surface area contributed by atoms with E-state index in [-0.39, 0.29) is 15.8 Å². The van der Waals surface area contributed by atoms with Crippen molar-refractivity contribution in [3.8, 4) is 17.2 Å². The number of hydrogen-bond donors (Lipinski definition) is 0. The highest BCUT2D eigenvalue weighted by Gasteiger charge is 2.26. The minimum Gasteiger partial charge on any atom is -0.494 e. The highest BCUT2D eigenvalue weighted by Crippen LogP contribution is 2.32. The van der Waals surface area contributed by atoms with E-state index in [1.807, 2.05) is 50.4 Å². The number of pyridine rings is 1. The number of hydrogen-bond acceptors (Lipinski definition) is 7. The van der Waals surface area contributed by atoms with E-state index < -0.39 is 9.84 Å². The van der Waals surface area contributed by atoms with Crippen LogP contribution in [0.15, 0.2) is 70.6 Å². The Labute approximate surface area is 231 Å². The van der Waals surface area contributed by atoms with Gasteiger partial charge < -0.3 is 14.2 Å². The van der Waals surface area contributed by atoms with Gasteiger partial charge in [-0.2, -0.15) is 5.10 Å². The molecule has 2 aromatic heterocycles. The molecule has 2 aromatic carbocycles. The Morgan fingerprint density at radius 1 is 1.00 bits per heavy atom. The first-order chi connectivity index (χ1) is 18.7. The van der Waals surface area contributed by atoms with E-state index in [1.54, 1.807) is 43.0 Å². The molecular formula is C30H37N3O5S. The molecule has 0 bridgehead atoms. The number of methoxy groups -OCH3 is 2. The van der Waals surface area contributed by atoms with E-state index in [1.165, 1.54) is 0 Å². The lowest BCUT2D eigenvalue weighted by Crippen LogP contribution is -2.24. The topological polar surface area (TPSA) is 82.4 Å². The van der Waals surface area contributed by atoms with E-state index in [0.29, 0.717) is 41.5 Å². The monoisotopic (exact) mass is 551 g/mol. The Bertz CT molecular complexity index is 1530. The van der Waals surface area contributed by atoms with Crippen LogP contribution in [0.5, 0.6) is 17.2 Å². The largest absolute Gasteiger partial charge is 0.494 e. The minimum atomic E-state index is -3.74. The fourth-order valence-electron chi connectivity index (χ4n) is 4.60. The third-order valence-electron chi connectivity index (χ3n) is 7.01. The van der Waals surface area contributed by atoms with Crippen LogP contribution in [0.3, 0.4) is 0 Å². The average molecular weight is 552 g/mol. The number of aromatic nitrogens is 2. The van der Waals surface area contributed by atoms with Crippen LogP contribution in [-0.4, -0.2) is 57.4 Å². The van der Waals surface area contributed by atoms with Crippen molar-refractivity contribution in [3.63, 3.8) is 0 Å². The van der Waals surface area contributed by atoms with Gasteiger partial charge in [-0.05, 0) is 87.3 Å². The Morgan fingerprint density at radius 3 is 2.38 bits per heavy atom. The number of sulfone groups is 1. The predicted molar refractivity (Wildman–Crippen MR) is 152 cm³/mol. The molecule has 0 fully saturated rings.